The van der Waals surface area contributed by atoms with Crippen LogP contribution in [0.1, 0.15) is 0 Å². The minimum absolute atomic E-state index is 0.871. The highest BCUT2D eigenvalue weighted by molar-refractivity contribution is 7.26. The van der Waals surface area contributed by atoms with Crippen molar-refractivity contribution in [3.05, 3.63) is 140 Å². The van der Waals surface area contributed by atoms with Crippen LogP contribution in [0.4, 0.5) is 0 Å². The van der Waals surface area contributed by atoms with Crippen molar-refractivity contribution in [2.45, 2.75) is 0 Å². The van der Waals surface area contributed by atoms with E-state index in [1.807, 2.05) is 23.5 Å². The summed E-state index contributed by atoms with van der Waals surface area (Å²) < 4.78 is 18.1. The average Bonchev–Trinajstić information content (AvgIpc) is 3.86. The number of furan rings is 2. The van der Waals surface area contributed by atoms with Crippen molar-refractivity contribution in [3.63, 3.8) is 0 Å². The lowest BCUT2D eigenvalue weighted by Crippen LogP contribution is -1.93. The van der Waals surface area contributed by atoms with Gasteiger partial charge in [0.05, 0.1) is 11.0 Å². The van der Waals surface area contributed by atoms with Crippen LogP contribution >= 0.6 is 11.3 Å². The first-order valence-corrected chi connectivity index (χ1v) is 16.3. The van der Waals surface area contributed by atoms with Crippen molar-refractivity contribution in [3.8, 4) is 16.8 Å². The van der Waals surface area contributed by atoms with Gasteiger partial charge in [0, 0.05) is 69.3 Å². The number of benzene rings is 7. The predicted molar refractivity (Wildman–Crippen MR) is 194 cm³/mol. The summed E-state index contributed by atoms with van der Waals surface area (Å²) in [4.78, 5) is 0. The Kier molecular flexibility index (Phi) is 4.72. The van der Waals surface area contributed by atoms with Gasteiger partial charge in [-0.3, -0.25) is 0 Å². The first-order chi connectivity index (χ1) is 22.8. The molecule has 214 valence electrons. The van der Waals surface area contributed by atoms with E-state index in [4.69, 9.17) is 8.83 Å². The van der Waals surface area contributed by atoms with E-state index in [9.17, 15) is 0 Å². The topological polar surface area (TPSA) is 31.2 Å². The molecule has 0 radical (unpaired) electrons. The van der Waals surface area contributed by atoms with Crippen LogP contribution in [0.25, 0.3) is 103 Å². The summed E-state index contributed by atoms with van der Waals surface area (Å²) in [6.45, 7) is 0. The summed E-state index contributed by atoms with van der Waals surface area (Å²) >= 11 is 1.89. The van der Waals surface area contributed by atoms with Crippen molar-refractivity contribution in [1.29, 1.82) is 0 Å². The maximum Gasteiger partial charge on any atom is 0.143 e. The number of thiophene rings is 1. The van der Waals surface area contributed by atoms with E-state index < -0.39 is 0 Å². The molecular formula is C42H23NO2S. The molecule has 7 aromatic carbocycles. The first-order valence-electron chi connectivity index (χ1n) is 15.5. The van der Waals surface area contributed by atoms with Gasteiger partial charge in [-0.25, -0.2) is 0 Å². The Hall–Kier alpha value is -5.84. The molecule has 0 aliphatic rings. The first kappa shape index (κ1) is 24.5. The Balaban J connectivity index is 1.17. The molecule has 0 N–H and O–H groups in total. The molecule has 0 aliphatic carbocycles. The molecule has 0 amide bonds. The minimum Gasteiger partial charge on any atom is -0.455 e. The van der Waals surface area contributed by atoms with Crippen LogP contribution < -0.4 is 0 Å². The molecule has 0 saturated carbocycles. The van der Waals surface area contributed by atoms with Crippen LogP contribution in [0.15, 0.2) is 148 Å². The fraction of sp³-hybridized carbons (Fsp3) is 0. The summed E-state index contributed by atoms with van der Waals surface area (Å²) in [5.41, 5.74) is 9.12. The number of para-hydroxylation sites is 4. The molecule has 0 atom stereocenters. The van der Waals surface area contributed by atoms with Gasteiger partial charge in [-0.2, -0.15) is 0 Å². The highest BCUT2D eigenvalue weighted by Crippen LogP contribution is 2.45. The van der Waals surface area contributed by atoms with Gasteiger partial charge in [-0.05, 0) is 42.5 Å². The second kappa shape index (κ2) is 8.87. The van der Waals surface area contributed by atoms with Gasteiger partial charge in [0.25, 0.3) is 0 Å². The molecule has 4 heterocycles. The maximum atomic E-state index is 6.65. The van der Waals surface area contributed by atoms with Gasteiger partial charge in [0.2, 0.25) is 0 Å². The van der Waals surface area contributed by atoms with Gasteiger partial charge in [0.15, 0.2) is 0 Å². The maximum absolute atomic E-state index is 6.65. The third-order valence-electron chi connectivity index (χ3n) is 9.61. The Bertz CT molecular complexity index is 3040. The predicted octanol–water partition coefficient (Wildman–Crippen LogP) is 12.6. The number of rotatable bonds is 2. The van der Waals surface area contributed by atoms with Crippen LogP contribution in [0.3, 0.4) is 0 Å². The monoisotopic (exact) mass is 605 g/mol. The number of aromatic nitrogens is 1. The lowest BCUT2D eigenvalue weighted by atomic mass is 10.00. The van der Waals surface area contributed by atoms with Gasteiger partial charge >= 0.3 is 0 Å². The largest absolute Gasteiger partial charge is 0.455 e. The van der Waals surface area contributed by atoms with Crippen molar-refractivity contribution >= 4 is 97.2 Å². The van der Waals surface area contributed by atoms with Gasteiger partial charge in [-0.15, -0.1) is 11.3 Å². The van der Waals surface area contributed by atoms with Crippen LogP contribution in [-0.4, -0.2) is 4.57 Å². The second-order valence-electron chi connectivity index (χ2n) is 12.0. The van der Waals surface area contributed by atoms with E-state index in [2.05, 4.69) is 132 Å². The number of fused-ring (bicyclic) bond motifs is 13. The highest BCUT2D eigenvalue weighted by Gasteiger charge is 2.20. The summed E-state index contributed by atoms with van der Waals surface area (Å²) in [5.74, 6) is 0. The van der Waals surface area contributed by atoms with E-state index in [0.717, 1.165) is 60.7 Å². The van der Waals surface area contributed by atoms with E-state index >= 15 is 0 Å². The number of nitrogens with zero attached hydrogens (tertiary/aromatic N) is 1. The van der Waals surface area contributed by atoms with Crippen molar-refractivity contribution in [1.82, 2.24) is 4.57 Å². The zero-order valence-electron chi connectivity index (χ0n) is 24.5. The number of hydrogen-bond donors (Lipinski definition) is 0. The Labute approximate surface area is 266 Å². The lowest BCUT2D eigenvalue weighted by molar-refractivity contribution is 0.665. The molecule has 0 saturated heterocycles. The third-order valence-corrected chi connectivity index (χ3v) is 10.8. The molecule has 3 nitrogen and oxygen atoms in total. The molecule has 4 heteroatoms. The summed E-state index contributed by atoms with van der Waals surface area (Å²) in [6, 6.07) is 49.7. The molecule has 0 spiro atoms. The smallest absolute Gasteiger partial charge is 0.143 e. The zero-order chi connectivity index (χ0) is 29.9. The van der Waals surface area contributed by atoms with Crippen molar-refractivity contribution < 1.29 is 8.83 Å². The summed E-state index contributed by atoms with van der Waals surface area (Å²) in [5, 5.41) is 9.65. The number of hydrogen-bond acceptors (Lipinski definition) is 3. The Morgan fingerprint density at radius 2 is 1.09 bits per heavy atom. The fourth-order valence-electron chi connectivity index (χ4n) is 7.61. The fourth-order valence-corrected chi connectivity index (χ4v) is 8.87. The van der Waals surface area contributed by atoms with Crippen LogP contribution in [0.5, 0.6) is 0 Å². The molecule has 0 fully saturated rings. The van der Waals surface area contributed by atoms with Gasteiger partial charge in [-0.1, -0.05) is 97.1 Å². The molecular weight excluding hydrogens is 583 g/mol. The van der Waals surface area contributed by atoms with Crippen LogP contribution in [-0.2, 0) is 0 Å². The van der Waals surface area contributed by atoms with Crippen LogP contribution in [0.2, 0.25) is 0 Å². The SMILES string of the molecule is c1ccc2c(c1)oc1c(-c3cccc4c3oc3ccc(-n5c6ccccc6c6c7sc8ccccc8c7ccc65)cc34)cccc12. The standard InChI is InChI=1S/C42H23NO2S/c1-4-16-34-32(11-1)39-35(21-20-31-26-10-3-6-18-38(26)46-42(31)39)43(34)24-19-22-37-33(23-24)30-15-8-14-29(41(30)45-37)28-13-7-12-27-25-9-2-5-17-36(25)44-40(27)28/h1-23H. The highest BCUT2D eigenvalue weighted by atomic mass is 32.1. The van der Waals surface area contributed by atoms with E-state index in [-0.39, 0.29) is 0 Å². The quantitative estimate of drug-likeness (QED) is 0.196. The molecule has 11 rings (SSSR count). The molecule has 11 aromatic rings. The molecule has 46 heavy (non-hydrogen) atoms. The summed E-state index contributed by atoms with van der Waals surface area (Å²) in [6.07, 6.45) is 0. The van der Waals surface area contributed by atoms with Crippen molar-refractivity contribution in [2.75, 3.05) is 0 Å². The third kappa shape index (κ3) is 3.16. The van der Waals surface area contributed by atoms with Crippen LogP contribution in [0, 0.1) is 0 Å². The van der Waals surface area contributed by atoms with Gasteiger partial charge < -0.3 is 13.4 Å². The van der Waals surface area contributed by atoms with E-state index in [1.54, 1.807) is 0 Å². The molecule has 0 unspecified atom stereocenters. The second-order valence-corrected chi connectivity index (χ2v) is 13.1. The normalized spacial score (nSPS) is 12.3. The molecule has 4 aromatic heterocycles. The van der Waals surface area contributed by atoms with E-state index in [1.165, 1.54) is 42.0 Å². The van der Waals surface area contributed by atoms with Crippen molar-refractivity contribution in [2.24, 2.45) is 0 Å². The Morgan fingerprint density at radius 1 is 0.435 bits per heavy atom. The Morgan fingerprint density at radius 3 is 1.91 bits per heavy atom. The zero-order valence-corrected chi connectivity index (χ0v) is 25.3. The average molecular weight is 606 g/mol. The summed E-state index contributed by atoms with van der Waals surface area (Å²) in [7, 11) is 0. The molecule has 0 aliphatic heterocycles. The molecule has 0 bridgehead atoms. The minimum atomic E-state index is 0.871. The lowest BCUT2D eigenvalue weighted by Gasteiger charge is -2.08. The van der Waals surface area contributed by atoms with E-state index in [0.29, 0.717) is 0 Å². The van der Waals surface area contributed by atoms with Gasteiger partial charge in [0.1, 0.15) is 22.3 Å².